The molecule has 0 spiro atoms. The van der Waals surface area contributed by atoms with Gasteiger partial charge in [-0.05, 0) is 25.5 Å². The van der Waals surface area contributed by atoms with Crippen LogP contribution < -0.4 is 10.6 Å². The molecule has 110 valence electrons. The average Bonchev–Trinajstić information content (AvgIpc) is 2.28. The molecule has 1 aromatic carbocycles. The highest BCUT2D eigenvalue weighted by molar-refractivity contribution is 7.79. The molecule has 0 fully saturated rings. The molecule has 0 heterocycles. The molecule has 19 heavy (non-hydrogen) atoms. The van der Waals surface area contributed by atoms with Gasteiger partial charge in [-0.3, -0.25) is 9.11 Å². The van der Waals surface area contributed by atoms with Crippen LogP contribution in [0, 0.1) is 6.92 Å². The average molecular weight is 292 g/mol. The smallest absolute Gasteiger partial charge is 0.394 e. The second-order valence-electron chi connectivity index (χ2n) is 3.76. The van der Waals surface area contributed by atoms with Crippen LogP contribution in [-0.2, 0) is 10.4 Å². The van der Waals surface area contributed by atoms with Crippen molar-refractivity contribution < 1.29 is 22.6 Å². The Hall–Kier alpha value is -1.35. The first kappa shape index (κ1) is 17.6. The van der Waals surface area contributed by atoms with Crippen molar-refractivity contribution in [3.8, 4) is 0 Å². The minimum atomic E-state index is -4.67. The Morgan fingerprint density at radius 2 is 1.84 bits per heavy atom. The quantitative estimate of drug-likeness (QED) is 0.476. The van der Waals surface area contributed by atoms with Crippen LogP contribution in [0.2, 0.25) is 0 Å². The van der Waals surface area contributed by atoms with Gasteiger partial charge in [-0.1, -0.05) is 12.1 Å². The van der Waals surface area contributed by atoms with E-state index in [9.17, 15) is 0 Å². The van der Waals surface area contributed by atoms with Crippen molar-refractivity contribution in [2.24, 2.45) is 0 Å². The van der Waals surface area contributed by atoms with Gasteiger partial charge in [-0.2, -0.15) is 8.42 Å². The molecule has 0 bridgehead atoms. The second-order valence-corrected chi connectivity index (χ2v) is 4.65. The highest BCUT2D eigenvalue weighted by atomic mass is 32.3. The maximum atomic E-state index is 8.91. The van der Waals surface area contributed by atoms with Crippen LogP contribution in [0.15, 0.2) is 18.2 Å². The first-order valence-electron chi connectivity index (χ1n) is 5.61. The van der Waals surface area contributed by atoms with E-state index in [0.29, 0.717) is 6.54 Å². The third kappa shape index (κ3) is 7.62. The first-order valence-corrected chi connectivity index (χ1v) is 7.01. The molecular weight excluding hydrogens is 272 g/mol. The van der Waals surface area contributed by atoms with Crippen LogP contribution in [0.3, 0.4) is 0 Å². The SMILES string of the molecule is CCN(CCO)c1cccc(C)c1N.O=S(=O)(O)O. The number of nitrogen functional groups attached to an aromatic ring is 1. The number of hydrogen-bond acceptors (Lipinski definition) is 5. The maximum absolute atomic E-state index is 8.91. The van der Waals surface area contributed by atoms with Crippen LogP contribution in [0.5, 0.6) is 0 Å². The number of anilines is 2. The van der Waals surface area contributed by atoms with E-state index in [2.05, 4.69) is 11.8 Å². The van der Waals surface area contributed by atoms with Crippen LogP contribution in [0.4, 0.5) is 11.4 Å². The van der Waals surface area contributed by atoms with Gasteiger partial charge in [-0.15, -0.1) is 0 Å². The summed E-state index contributed by atoms with van der Waals surface area (Å²) < 4.78 is 31.6. The maximum Gasteiger partial charge on any atom is 0.394 e. The Morgan fingerprint density at radius 3 is 2.26 bits per heavy atom. The number of rotatable bonds is 4. The highest BCUT2D eigenvalue weighted by Crippen LogP contribution is 2.25. The Morgan fingerprint density at radius 1 is 1.32 bits per heavy atom. The molecule has 1 rings (SSSR count). The lowest BCUT2D eigenvalue weighted by molar-refractivity contribution is 0.302. The zero-order valence-corrected chi connectivity index (χ0v) is 11.8. The number of likely N-dealkylation sites (N-methyl/N-ethyl adjacent to an activating group) is 1. The van der Waals surface area contributed by atoms with Crippen LogP contribution in [0.25, 0.3) is 0 Å². The molecule has 0 aliphatic heterocycles. The molecule has 0 saturated carbocycles. The number of aryl methyl sites for hydroxylation is 1. The fourth-order valence-electron chi connectivity index (χ4n) is 1.51. The van der Waals surface area contributed by atoms with Crippen molar-refractivity contribution in [1.29, 1.82) is 0 Å². The summed E-state index contributed by atoms with van der Waals surface area (Å²) >= 11 is 0. The minimum Gasteiger partial charge on any atom is -0.397 e. The molecular formula is C11H20N2O5S. The molecule has 0 aliphatic rings. The van der Waals surface area contributed by atoms with Crippen molar-refractivity contribution in [3.05, 3.63) is 23.8 Å². The molecule has 1 aromatic rings. The molecule has 0 unspecified atom stereocenters. The summed E-state index contributed by atoms with van der Waals surface area (Å²) in [7, 11) is -4.67. The lowest BCUT2D eigenvalue weighted by atomic mass is 10.1. The summed E-state index contributed by atoms with van der Waals surface area (Å²) in [4.78, 5) is 2.07. The largest absolute Gasteiger partial charge is 0.397 e. The van der Waals surface area contributed by atoms with E-state index in [0.717, 1.165) is 23.5 Å². The van der Waals surface area contributed by atoms with Crippen molar-refractivity contribution >= 4 is 21.8 Å². The number of para-hydroxylation sites is 1. The lowest BCUT2D eigenvalue weighted by Gasteiger charge is -2.24. The number of nitrogens with zero attached hydrogens (tertiary/aromatic N) is 1. The summed E-state index contributed by atoms with van der Waals surface area (Å²) in [6, 6.07) is 5.97. The molecule has 0 atom stereocenters. The van der Waals surface area contributed by atoms with Gasteiger partial charge in [-0.25, -0.2) is 0 Å². The van der Waals surface area contributed by atoms with E-state index in [1.807, 2.05) is 25.1 Å². The van der Waals surface area contributed by atoms with Crippen molar-refractivity contribution in [2.45, 2.75) is 13.8 Å². The van der Waals surface area contributed by atoms with E-state index in [1.54, 1.807) is 0 Å². The second kappa shape index (κ2) is 7.95. The third-order valence-electron chi connectivity index (χ3n) is 2.39. The minimum absolute atomic E-state index is 0.154. The van der Waals surface area contributed by atoms with Crippen molar-refractivity contribution in [1.82, 2.24) is 0 Å². The van der Waals surface area contributed by atoms with E-state index in [-0.39, 0.29) is 6.61 Å². The topological polar surface area (TPSA) is 124 Å². The Bertz CT molecular complexity index is 482. The van der Waals surface area contributed by atoms with Gasteiger partial charge in [0.1, 0.15) is 0 Å². The van der Waals surface area contributed by atoms with Gasteiger partial charge < -0.3 is 15.7 Å². The van der Waals surface area contributed by atoms with Crippen molar-refractivity contribution in [2.75, 3.05) is 30.3 Å². The third-order valence-corrected chi connectivity index (χ3v) is 2.39. The number of benzene rings is 1. The summed E-state index contributed by atoms with van der Waals surface area (Å²) in [6.45, 7) is 5.68. The predicted octanol–water partition coefficient (Wildman–Crippen LogP) is 0.743. The van der Waals surface area contributed by atoms with Crippen LogP contribution in [-0.4, -0.2) is 42.3 Å². The fraction of sp³-hybridized carbons (Fsp3) is 0.455. The first-order chi connectivity index (χ1) is 8.70. The normalized spacial score (nSPS) is 10.6. The Kier molecular flexibility index (Phi) is 7.38. The highest BCUT2D eigenvalue weighted by Gasteiger charge is 2.07. The monoisotopic (exact) mass is 292 g/mol. The molecule has 5 N–H and O–H groups in total. The number of aliphatic hydroxyl groups excluding tert-OH is 1. The molecule has 0 aliphatic carbocycles. The summed E-state index contributed by atoms with van der Waals surface area (Å²) in [5.41, 5.74) is 8.87. The summed E-state index contributed by atoms with van der Waals surface area (Å²) in [5, 5.41) is 8.91. The van der Waals surface area contributed by atoms with Crippen LogP contribution in [0.1, 0.15) is 12.5 Å². The Labute approximate surface area is 113 Å². The van der Waals surface area contributed by atoms with E-state index in [1.165, 1.54) is 0 Å². The van der Waals surface area contributed by atoms with E-state index in [4.69, 9.17) is 28.4 Å². The van der Waals surface area contributed by atoms with Crippen molar-refractivity contribution in [3.63, 3.8) is 0 Å². The molecule has 0 aromatic heterocycles. The van der Waals surface area contributed by atoms with Gasteiger partial charge in [0.05, 0.1) is 18.0 Å². The zero-order valence-electron chi connectivity index (χ0n) is 10.9. The number of nitrogens with two attached hydrogens (primary N) is 1. The fourth-order valence-corrected chi connectivity index (χ4v) is 1.51. The molecule has 0 saturated heterocycles. The Balaban J connectivity index is 0.000000555. The zero-order chi connectivity index (χ0) is 15.1. The predicted molar refractivity (Wildman–Crippen MR) is 74.7 cm³/mol. The van der Waals surface area contributed by atoms with Gasteiger partial charge in [0.15, 0.2) is 0 Å². The van der Waals surface area contributed by atoms with E-state index >= 15 is 0 Å². The summed E-state index contributed by atoms with van der Waals surface area (Å²) in [5.74, 6) is 0. The summed E-state index contributed by atoms with van der Waals surface area (Å²) in [6.07, 6.45) is 0. The number of aliphatic hydroxyl groups is 1. The number of hydrogen-bond donors (Lipinski definition) is 4. The standard InChI is InChI=1S/C11H18N2O.H2O4S/c1-3-13(7-8-14)10-6-4-5-9(2)11(10)12;1-5(2,3)4/h4-6,14H,3,7-8,12H2,1-2H3;(H2,1,2,3,4). The van der Waals surface area contributed by atoms with Gasteiger partial charge in [0.25, 0.3) is 0 Å². The molecule has 7 nitrogen and oxygen atoms in total. The molecule has 8 heteroatoms. The van der Waals surface area contributed by atoms with E-state index < -0.39 is 10.4 Å². The molecule has 0 radical (unpaired) electrons. The van der Waals surface area contributed by atoms with Crippen LogP contribution >= 0.6 is 0 Å². The lowest BCUT2D eigenvalue weighted by Crippen LogP contribution is -2.27. The molecule has 0 amide bonds. The van der Waals surface area contributed by atoms with Gasteiger partial charge >= 0.3 is 10.4 Å². The van der Waals surface area contributed by atoms with Gasteiger partial charge in [0.2, 0.25) is 0 Å². The van der Waals surface area contributed by atoms with Gasteiger partial charge in [0, 0.05) is 13.1 Å².